The van der Waals surface area contributed by atoms with Crippen LogP contribution in [0.25, 0.3) is 11.5 Å². The zero-order valence-electron chi connectivity index (χ0n) is 17.2. The number of benzene rings is 2. The molecule has 0 aliphatic heterocycles. The Morgan fingerprint density at radius 2 is 1.73 bits per heavy atom. The molecule has 0 spiro atoms. The predicted octanol–water partition coefficient (Wildman–Crippen LogP) is 3.49. The Hall–Kier alpha value is -2.93. The molecule has 1 amide bonds. The molecule has 1 heterocycles. The van der Waals surface area contributed by atoms with E-state index in [1.54, 1.807) is 6.92 Å². The molecule has 0 saturated heterocycles. The molecule has 0 bridgehead atoms. The third-order valence-corrected chi connectivity index (χ3v) is 6.20. The molecule has 1 aromatic heterocycles. The molecule has 3 aromatic rings. The van der Waals surface area contributed by atoms with E-state index in [-0.39, 0.29) is 5.75 Å². The van der Waals surface area contributed by atoms with E-state index >= 15 is 0 Å². The average Bonchev–Trinajstić information content (AvgIpc) is 3.08. The van der Waals surface area contributed by atoms with Gasteiger partial charge >= 0.3 is 0 Å². The molecule has 7 heteroatoms. The van der Waals surface area contributed by atoms with Crippen molar-refractivity contribution in [2.75, 3.05) is 12.3 Å². The van der Waals surface area contributed by atoms with E-state index in [2.05, 4.69) is 17.2 Å². The molecule has 0 unspecified atom stereocenters. The second-order valence-electron chi connectivity index (χ2n) is 7.19. The second-order valence-corrected chi connectivity index (χ2v) is 9.25. The highest BCUT2D eigenvalue weighted by molar-refractivity contribution is 7.91. The van der Waals surface area contributed by atoms with Crippen LogP contribution in [0, 0.1) is 6.92 Å². The van der Waals surface area contributed by atoms with E-state index < -0.39 is 21.5 Å². The number of sulfone groups is 1. The van der Waals surface area contributed by atoms with Gasteiger partial charge in [0.2, 0.25) is 11.8 Å². The molecule has 0 atom stereocenters. The summed E-state index contributed by atoms with van der Waals surface area (Å²) >= 11 is 0. The Morgan fingerprint density at radius 1 is 1.03 bits per heavy atom. The fraction of sp³-hybridized carbons (Fsp3) is 0.304. The van der Waals surface area contributed by atoms with Crippen molar-refractivity contribution >= 4 is 15.7 Å². The van der Waals surface area contributed by atoms with Gasteiger partial charge in [-0.05, 0) is 43.0 Å². The van der Waals surface area contributed by atoms with Gasteiger partial charge in [0, 0.05) is 12.1 Å². The molecule has 0 fully saturated rings. The van der Waals surface area contributed by atoms with Crippen molar-refractivity contribution in [2.45, 2.75) is 32.4 Å². The lowest BCUT2D eigenvalue weighted by Gasteiger charge is -2.06. The molecule has 0 radical (unpaired) electrons. The number of oxazole rings is 1. The first-order chi connectivity index (χ1) is 14.4. The highest BCUT2D eigenvalue weighted by atomic mass is 32.2. The molecular formula is C23H26N2O4S. The number of aromatic nitrogens is 1. The first kappa shape index (κ1) is 21.8. The standard InChI is InChI=1S/C23H26N2O4S/c1-3-18-9-11-20(12-10-18)23-25-21(17(2)29-23)15-30(27,28)16-22(26)24-14-13-19-7-5-4-6-8-19/h4-12H,3,13-16H2,1-2H3,(H,24,26). The van der Waals surface area contributed by atoms with Crippen molar-refractivity contribution in [3.05, 3.63) is 77.2 Å². The van der Waals surface area contributed by atoms with Crippen LogP contribution in [0.2, 0.25) is 0 Å². The lowest BCUT2D eigenvalue weighted by atomic mass is 10.1. The number of hydrogen-bond donors (Lipinski definition) is 1. The lowest BCUT2D eigenvalue weighted by molar-refractivity contribution is -0.118. The summed E-state index contributed by atoms with van der Waals surface area (Å²) in [6, 6.07) is 17.5. The first-order valence-electron chi connectivity index (χ1n) is 9.93. The van der Waals surface area contributed by atoms with Crippen molar-refractivity contribution in [2.24, 2.45) is 0 Å². The maximum absolute atomic E-state index is 12.5. The number of nitrogens with one attached hydrogen (secondary N) is 1. The number of hydrogen-bond acceptors (Lipinski definition) is 5. The Bertz CT molecular complexity index is 1090. The van der Waals surface area contributed by atoms with E-state index in [0.717, 1.165) is 17.5 Å². The van der Waals surface area contributed by atoms with Crippen LogP contribution in [0.4, 0.5) is 0 Å². The third-order valence-electron chi connectivity index (χ3n) is 4.79. The van der Waals surface area contributed by atoms with Gasteiger partial charge in [-0.3, -0.25) is 4.79 Å². The van der Waals surface area contributed by atoms with E-state index in [0.29, 0.717) is 30.3 Å². The molecule has 2 aromatic carbocycles. The van der Waals surface area contributed by atoms with Crippen LogP contribution >= 0.6 is 0 Å². The minimum atomic E-state index is -3.67. The molecule has 0 saturated carbocycles. The van der Waals surface area contributed by atoms with Crippen LogP contribution in [0.1, 0.15) is 29.5 Å². The first-order valence-corrected chi connectivity index (χ1v) is 11.7. The molecule has 0 aliphatic rings. The Labute approximate surface area is 177 Å². The van der Waals surface area contributed by atoms with Gasteiger partial charge in [-0.2, -0.15) is 0 Å². The summed E-state index contributed by atoms with van der Waals surface area (Å²) < 4.78 is 30.6. The zero-order valence-corrected chi connectivity index (χ0v) is 18.0. The number of rotatable bonds is 9. The van der Waals surface area contributed by atoms with E-state index in [9.17, 15) is 13.2 Å². The van der Waals surface area contributed by atoms with Gasteiger partial charge in [-0.1, -0.05) is 49.4 Å². The number of aryl methyl sites for hydroxylation is 2. The van der Waals surface area contributed by atoms with Gasteiger partial charge in [0.15, 0.2) is 9.84 Å². The molecule has 6 nitrogen and oxygen atoms in total. The molecular weight excluding hydrogens is 400 g/mol. The van der Waals surface area contributed by atoms with Crippen LogP contribution in [0.5, 0.6) is 0 Å². The number of nitrogens with zero attached hydrogens (tertiary/aromatic N) is 1. The topological polar surface area (TPSA) is 89.3 Å². The van der Waals surface area contributed by atoms with Crippen molar-refractivity contribution in [3.8, 4) is 11.5 Å². The number of carbonyl (C=O) groups is 1. The van der Waals surface area contributed by atoms with E-state index in [4.69, 9.17) is 4.42 Å². The van der Waals surface area contributed by atoms with E-state index in [1.165, 1.54) is 5.56 Å². The summed E-state index contributed by atoms with van der Waals surface area (Å²) in [5.41, 5.74) is 3.40. The maximum atomic E-state index is 12.5. The molecule has 158 valence electrons. The van der Waals surface area contributed by atoms with Gasteiger partial charge in [-0.15, -0.1) is 0 Å². The van der Waals surface area contributed by atoms with Crippen LogP contribution in [0.15, 0.2) is 59.0 Å². The number of carbonyl (C=O) groups excluding carboxylic acids is 1. The van der Waals surface area contributed by atoms with Crippen molar-refractivity contribution < 1.29 is 17.6 Å². The van der Waals surface area contributed by atoms with Crippen LogP contribution < -0.4 is 5.32 Å². The quantitative estimate of drug-likeness (QED) is 0.566. The van der Waals surface area contributed by atoms with Gasteiger partial charge in [0.05, 0.1) is 11.4 Å². The largest absolute Gasteiger partial charge is 0.441 e. The lowest BCUT2D eigenvalue weighted by Crippen LogP contribution is -2.32. The van der Waals surface area contributed by atoms with Crippen molar-refractivity contribution in [1.29, 1.82) is 0 Å². The van der Waals surface area contributed by atoms with Crippen LogP contribution in [-0.4, -0.2) is 31.6 Å². The third kappa shape index (κ3) is 6.03. The van der Waals surface area contributed by atoms with Gasteiger partial charge < -0.3 is 9.73 Å². The zero-order chi connectivity index (χ0) is 21.6. The normalized spacial score (nSPS) is 11.4. The minimum Gasteiger partial charge on any atom is -0.441 e. The molecule has 3 rings (SSSR count). The van der Waals surface area contributed by atoms with E-state index in [1.807, 2.05) is 54.6 Å². The van der Waals surface area contributed by atoms with Crippen molar-refractivity contribution in [3.63, 3.8) is 0 Å². The predicted molar refractivity (Wildman–Crippen MR) is 117 cm³/mol. The highest BCUT2D eigenvalue weighted by Gasteiger charge is 2.22. The van der Waals surface area contributed by atoms with Gasteiger partial charge in [0.25, 0.3) is 0 Å². The maximum Gasteiger partial charge on any atom is 0.235 e. The number of amides is 1. The SMILES string of the molecule is CCc1ccc(-c2nc(CS(=O)(=O)CC(=O)NCCc3ccccc3)c(C)o2)cc1. The summed E-state index contributed by atoms with van der Waals surface area (Å²) in [7, 11) is -3.67. The smallest absolute Gasteiger partial charge is 0.235 e. The highest BCUT2D eigenvalue weighted by Crippen LogP contribution is 2.23. The van der Waals surface area contributed by atoms with Crippen molar-refractivity contribution in [1.82, 2.24) is 10.3 Å². The fourth-order valence-corrected chi connectivity index (χ4v) is 4.36. The summed E-state index contributed by atoms with van der Waals surface area (Å²) in [6.45, 7) is 4.14. The fourth-order valence-electron chi connectivity index (χ4n) is 3.07. The minimum absolute atomic E-state index is 0.332. The summed E-state index contributed by atoms with van der Waals surface area (Å²) in [5, 5.41) is 2.67. The summed E-state index contributed by atoms with van der Waals surface area (Å²) in [6.07, 6.45) is 1.58. The van der Waals surface area contributed by atoms with Crippen LogP contribution in [-0.2, 0) is 33.2 Å². The molecule has 1 N–H and O–H groups in total. The second kappa shape index (κ2) is 9.71. The average molecular weight is 427 g/mol. The van der Waals surface area contributed by atoms with Crippen LogP contribution in [0.3, 0.4) is 0 Å². The summed E-state index contributed by atoms with van der Waals surface area (Å²) in [4.78, 5) is 16.4. The Kier molecular flexibility index (Phi) is 7.05. The summed E-state index contributed by atoms with van der Waals surface area (Å²) in [5.74, 6) is -0.594. The van der Waals surface area contributed by atoms with Gasteiger partial charge in [0.1, 0.15) is 11.5 Å². The Balaban J connectivity index is 1.57. The van der Waals surface area contributed by atoms with Gasteiger partial charge in [-0.25, -0.2) is 13.4 Å². The monoisotopic (exact) mass is 426 g/mol. The molecule has 0 aliphatic carbocycles. The Morgan fingerprint density at radius 3 is 2.40 bits per heavy atom. The molecule has 30 heavy (non-hydrogen) atoms.